The van der Waals surface area contributed by atoms with Crippen LogP contribution in [0.5, 0.6) is 5.75 Å². The van der Waals surface area contributed by atoms with E-state index in [0.717, 1.165) is 11.3 Å². The first-order valence-electron chi connectivity index (χ1n) is 6.74. The molecule has 19 heavy (non-hydrogen) atoms. The standard InChI is InChI=1S/C17H18O2/c1-12(13-7-3-2-4-8-13)17-11-15(18)14-9-5-6-10-16(14)19-17/h2-10,12,15,17-18H,11H2,1H3/t12?,15-,17?/m0/s1. The maximum atomic E-state index is 10.2. The molecule has 0 saturated carbocycles. The summed E-state index contributed by atoms with van der Waals surface area (Å²) in [6.45, 7) is 2.15. The Balaban J connectivity index is 1.85. The molecule has 98 valence electrons. The van der Waals surface area contributed by atoms with Crippen molar-refractivity contribution in [2.45, 2.75) is 31.5 Å². The smallest absolute Gasteiger partial charge is 0.125 e. The maximum Gasteiger partial charge on any atom is 0.125 e. The molecule has 0 aromatic heterocycles. The van der Waals surface area contributed by atoms with Gasteiger partial charge >= 0.3 is 0 Å². The topological polar surface area (TPSA) is 29.5 Å². The van der Waals surface area contributed by atoms with Crippen molar-refractivity contribution in [3.05, 3.63) is 65.7 Å². The van der Waals surface area contributed by atoms with Crippen molar-refractivity contribution in [2.24, 2.45) is 0 Å². The van der Waals surface area contributed by atoms with Crippen LogP contribution in [-0.2, 0) is 0 Å². The van der Waals surface area contributed by atoms with E-state index in [1.54, 1.807) is 0 Å². The van der Waals surface area contributed by atoms with Gasteiger partial charge in [-0.2, -0.15) is 0 Å². The summed E-state index contributed by atoms with van der Waals surface area (Å²) in [6.07, 6.45) is 0.237. The Labute approximate surface area is 113 Å². The molecule has 2 heteroatoms. The Kier molecular flexibility index (Phi) is 3.26. The van der Waals surface area contributed by atoms with E-state index >= 15 is 0 Å². The zero-order valence-corrected chi connectivity index (χ0v) is 11.0. The fraction of sp³-hybridized carbons (Fsp3) is 0.294. The van der Waals surface area contributed by atoms with Gasteiger partial charge in [0, 0.05) is 17.9 Å². The third-order valence-corrected chi connectivity index (χ3v) is 3.89. The molecule has 3 rings (SSSR count). The van der Waals surface area contributed by atoms with Gasteiger partial charge in [0.15, 0.2) is 0 Å². The quantitative estimate of drug-likeness (QED) is 0.886. The van der Waals surface area contributed by atoms with Gasteiger partial charge in [0.2, 0.25) is 0 Å². The van der Waals surface area contributed by atoms with Crippen molar-refractivity contribution in [3.8, 4) is 5.75 Å². The molecule has 0 radical (unpaired) electrons. The van der Waals surface area contributed by atoms with Gasteiger partial charge in [0.25, 0.3) is 0 Å². The fourth-order valence-electron chi connectivity index (χ4n) is 2.70. The van der Waals surface area contributed by atoms with Gasteiger partial charge in [-0.3, -0.25) is 0 Å². The monoisotopic (exact) mass is 254 g/mol. The van der Waals surface area contributed by atoms with Crippen molar-refractivity contribution >= 4 is 0 Å². The van der Waals surface area contributed by atoms with Gasteiger partial charge in [-0.1, -0.05) is 55.5 Å². The molecule has 1 aliphatic heterocycles. The van der Waals surface area contributed by atoms with Crippen LogP contribution in [0.4, 0.5) is 0 Å². The second-order valence-corrected chi connectivity index (χ2v) is 5.14. The normalized spacial score (nSPS) is 23.3. The number of benzene rings is 2. The largest absolute Gasteiger partial charge is 0.489 e. The minimum absolute atomic E-state index is 0.0206. The van der Waals surface area contributed by atoms with E-state index in [2.05, 4.69) is 19.1 Å². The summed E-state index contributed by atoms with van der Waals surface area (Å²) >= 11 is 0. The van der Waals surface area contributed by atoms with E-state index in [4.69, 9.17) is 4.74 Å². The number of aliphatic hydroxyl groups excluding tert-OH is 1. The highest BCUT2D eigenvalue weighted by atomic mass is 16.5. The van der Waals surface area contributed by atoms with E-state index in [-0.39, 0.29) is 12.0 Å². The molecule has 1 aliphatic rings. The minimum atomic E-state index is -0.430. The first kappa shape index (κ1) is 12.2. The molecule has 0 amide bonds. The van der Waals surface area contributed by atoms with Crippen LogP contribution in [0.25, 0.3) is 0 Å². The van der Waals surface area contributed by atoms with Crippen molar-refractivity contribution in [1.82, 2.24) is 0 Å². The average Bonchev–Trinajstić information content (AvgIpc) is 2.47. The summed E-state index contributed by atoms with van der Waals surface area (Å²) in [4.78, 5) is 0. The zero-order chi connectivity index (χ0) is 13.2. The number of rotatable bonds is 2. The lowest BCUT2D eigenvalue weighted by molar-refractivity contribution is 0.0546. The Bertz CT molecular complexity index is 550. The number of para-hydroxylation sites is 1. The van der Waals surface area contributed by atoms with Crippen molar-refractivity contribution < 1.29 is 9.84 Å². The highest BCUT2D eigenvalue weighted by Gasteiger charge is 2.30. The molecule has 2 aromatic rings. The number of ether oxygens (including phenoxy) is 1. The molecule has 3 atom stereocenters. The summed E-state index contributed by atoms with van der Waals surface area (Å²) in [5.74, 6) is 1.08. The molecule has 0 fully saturated rings. The number of aliphatic hydroxyl groups is 1. The van der Waals surface area contributed by atoms with Crippen LogP contribution in [0.3, 0.4) is 0 Å². The molecule has 1 N–H and O–H groups in total. The Hall–Kier alpha value is -1.80. The van der Waals surface area contributed by atoms with Crippen molar-refractivity contribution in [2.75, 3.05) is 0 Å². The molecule has 1 heterocycles. The molecule has 0 spiro atoms. The molecule has 0 saturated heterocycles. The Morgan fingerprint density at radius 2 is 1.74 bits per heavy atom. The van der Waals surface area contributed by atoms with E-state index in [1.165, 1.54) is 5.56 Å². The summed E-state index contributed by atoms with van der Waals surface area (Å²) in [6, 6.07) is 18.1. The van der Waals surface area contributed by atoms with Crippen LogP contribution in [0.2, 0.25) is 0 Å². The molecule has 2 unspecified atom stereocenters. The SMILES string of the molecule is CC(c1ccccc1)C1C[C@H](O)c2ccccc2O1. The minimum Gasteiger partial charge on any atom is -0.489 e. The van der Waals surface area contributed by atoms with Crippen molar-refractivity contribution in [3.63, 3.8) is 0 Å². The molecular weight excluding hydrogens is 236 g/mol. The maximum absolute atomic E-state index is 10.2. The third-order valence-electron chi connectivity index (χ3n) is 3.89. The van der Waals surface area contributed by atoms with E-state index in [1.807, 2.05) is 42.5 Å². The van der Waals surface area contributed by atoms with Crippen LogP contribution in [-0.4, -0.2) is 11.2 Å². The van der Waals surface area contributed by atoms with Crippen LogP contribution in [0.15, 0.2) is 54.6 Å². The summed E-state index contributed by atoms with van der Waals surface area (Å²) < 4.78 is 6.06. The van der Waals surface area contributed by atoms with E-state index in [9.17, 15) is 5.11 Å². The van der Waals surface area contributed by atoms with Crippen LogP contribution in [0, 0.1) is 0 Å². The van der Waals surface area contributed by atoms with Crippen LogP contribution >= 0.6 is 0 Å². The summed E-state index contributed by atoms with van der Waals surface area (Å²) in [5.41, 5.74) is 2.15. The second-order valence-electron chi connectivity index (χ2n) is 5.14. The molecular formula is C17H18O2. The summed E-state index contributed by atoms with van der Waals surface area (Å²) in [5, 5.41) is 10.2. The highest BCUT2D eigenvalue weighted by Crippen LogP contribution is 2.38. The highest BCUT2D eigenvalue weighted by molar-refractivity contribution is 5.37. The van der Waals surface area contributed by atoms with E-state index < -0.39 is 6.10 Å². The predicted octanol–water partition coefficient (Wildman–Crippen LogP) is 3.67. The fourth-order valence-corrected chi connectivity index (χ4v) is 2.70. The zero-order valence-electron chi connectivity index (χ0n) is 11.0. The predicted molar refractivity (Wildman–Crippen MR) is 75.3 cm³/mol. The van der Waals surface area contributed by atoms with Gasteiger partial charge in [-0.25, -0.2) is 0 Å². The number of hydrogen-bond donors (Lipinski definition) is 1. The number of fused-ring (bicyclic) bond motifs is 1. The van der Waals surface area contributed by atoms with Crippen LogP contribution < -0.4 is 4.74 Å². The molecule has 2 aromatic carbocycles. The lowest BCUT2D eigenvalue weighted by atomic mass is 9.88. The lowest BCUT2D eigenvalue weighted by Gasteiger charge is -2.33. The second kappa shape index (κ2) is 5.06. The van der Waals surface area contributed by atoms with Gasteiger partial charge in [-0.15, -0.1) is 0 Å². The van der Waals surface area contributed by atoms with Gasteiger partial charge in [0.05, 0.1) is 6.10 Å². The Morgan fingerprint density at radius 3 is 2.53 bits per heavy atom. The van der Waals surface area contributed by atoms with Gasteiger partial charge < -0.3 is 9.84 Å². The average molecular weight is 254 g/mol. The van der Waals surface area contributed by atoms with Gasteiger partial charge in [-0.05, 0) is 11.6 Å². The molecule has 0 aliphatic carbocycles. The van der Waals surface area contributed by atoms with Gasteiger partial charge in [0.1, 0.15) is 11.9 Å². The van der Waals surface area contributed by atoms with Crippen LogP contribution in [0.1, 0.15) is 36.5 Å². The molecule has 0 bridgehead atoms. The first-order valence-corrected chi connectivity index (χ1v) is 6.74. The Morgan fingerprint density at radius 1 is 1.05 bits per heavy atom. The van der Waals surface area contributed by atoms with Crippen molar-refractivity contribution in [1.29, 1.82) is 0 Å². The first-order chi connectivity index (χ1) is 9.25. The number of hydrogen-bond acceptors (Lipinski definition) is 2. The van der Waals surface area contributed by atoms with E-state index in [0.29, 0.717) is 6.42 Å². The lowest BCUT2D eigenvalue weighted by Crippen LogP contribution is -2.30. The molecule has 2 nitrogen and oxygen atoms in total. The third kappa shape index (κ3) is 2.36. The summed E-state index contributed by atoms with van der Waals surface area (Å²) in [7, 11) is 0.